The topological polar surface area (TPSA) is 113 Å². The van der Waals surface area contributed by atoms with Gasteiger partial charge in [-0.25, -0.2) is 4.98 Å². The van der Waals surface area contributed by atoms with Gasteiger partial charge in [0.1, 0.15) is 0 Å². The first-order chi connectivity index (χ1) is 16.0. The van der Waals surface area contributed by atoms with E-state index in [4.69, 9.17) is 11.6 Å². The van der Waals surface area contributed by atoms with Crippen molar-refractivity contribution in [3.05, 3.63) is 95.3 Å². The van der Waals surface area contributed by atoms with Gasteiger partial charge in [0.15, 0.2) is 0 Å². The third-order valence-corrected chi connectivity index (χ3v) is 5.11. The van der Waals surface area contributed by atoms with E-state index in [0.717, 1.165) is 5.56 Å². The van der Waals surface area contributed by atoms with Crippen LogP contribution in [0.25, 0.3) is 22.2 Å². The second-order valence-corrected chi connectivity index (χ2v) is 7.38. The highest BCUT2D eigenvalue weighted by atomic mass is 35.5. The van der Waals surface area contributed by atoms with E-state index < -0.39 is 17.7 Å². The van der Waals surface area contributed by atoms with Crippen molar-refractivity contribution in [3.8, 4) is 11.3 Å². The lowest BCUT2D eigenvalue weighted by molar-refractivity contribution is -0.120. The molecule has 0 bridgehead atoms. The summed E-state index contributed by atoms with van der Waals surface area (Å²) in [7, 11) is 0. The molecule has 3 amide bonds. The highest BCUT2D eigenvalue weighted by Crippen LogP contribution is 2.24. The average molecular weight is 460 g/mol. The Morgan fingerprint density at radius 1 is 0.818 bits per heavy atom. The Kier molecular flexibility index (Phi) is 6.56. The maximum absolute atomic E-state index is 12.9. The van der Waals surface area contributed by atoms with Crippen molar-refractivity contribution in [1.29, 1.82) is 0 Å². The standard InChI is InChI=1S/C24H18ClN5O3/c25-19-7-3-1-6-17(19)23(32)27-14-22(31)29-30-24(33)18-13-21(15-9-11-26-12-10-15)28-20-8-4-2-5-16(18)20/h1-13H,14H2,(H,27,32)(H,29,31)(H,30,33). The van der Waals surface area contributed by atoms with Gasteiger partial charge in [-0.3, -0.25) is 30.2 Å². The molecule has 9 heteroatoms. The normalized spacial score (nSPS) is 10.5. The first-order valence-corrected chi connectivity index (χ1v) is 10.3. The summed E-state index contributed by atoms with van der Waals surface area (Å²) in [6.07, 6.45) is 3.28. The molecule has 3 N–H and O–H groups in total. The maximum Gasteiger partial charge on any atom is 0.270 e. The summed E-state index contributed by atoms with van der Waals surface area (Å²) < 4.78 is 0. The summed E-state index contributed by atoms with van der Waals surface area (Å²) in [5.41, 5.74) is 7.32. The van der Waals surface area contributed by atoms with E-state index in [2.05, 4.69) is 26.1 Å². The van der Waals surface area contributed by atoms with Crippen molar-refractivity contribution >= 4 is 40.2 Å². The van der Waals surface area contributed by atoms with Crippen LogP contribution in [0.15, 0.2) is 79.1 Å². The lowest BCUT2D eigenvalue weighted by Crippen LogP contribution is -2.46. The Hall–Kier alpha value is -4.30. The van der Waals surface area contributed by atoms with Gasteiger partial charge in [0, 0.05) is 23.3 Å². The number of nitrogens with zero attached hydrogens (tertiary/aromatic N) is 2. The molecule has 2 aromatic carbocycles. The van der Waals surface area contributed by atoms with Crippen LogP contribution in [-0.4, -0.2) is 34.2 Å². The fourth-order valence-corrected chi connectivity index (χ4v) is 3.39. The quantitative estimate of drug-likeness (QED) is 0.397. The number of fused-ring (bicyclic) bond motifs is 1. The van der Waals surface area contributed by atoms with Gasteiger partial charge in [0.25, 0.3) is 17.7 Å². The molecule has 33 heavy (non-hydrogen) atoms. The number of carbonyl (C=O) groups excluding carboxylic acids is 3. The second kappa shape index (κ2) is 9.88. The third kappa shape index (κ3) is 5.13. The minimum atomic E-state index is -0.600. The Balaban J connectivity index is 1.45. The van der Waals surface area contributed by atoms with E-state index in [1.807, 2.05) is 6.07 Å². The summed E-state index contributed by atoms with van der Waals surface area (Å²) in [4.78, 5) is 45.8. The molecule has 0 aliphatic heterocycles. The predicted octanol–water partition coefficient (Wildman–Crippen LogP) is 3.14. The first kappa shape index (κ1) is 21.9. The van der Waals surface area contributed by atoms with Crippen LogP contribution in [-0.2, 0) is 4.79 Å². The number of halogens is 1. The SMILES string of the molecule is O=C(CNC(=O)c1ccccc1Cl)NNC(=O)c1cc(-c2ccncc2)nc2ccccc12. The maximum atomic E-state index is 12.9. The molecule has 4 aromatic rings. The Labute approximate surface area is 194 Å². The third-order valence-electron chi connectivity index (χ3n) is 4.78. The number of hydrazine groups is 1. The summed E-state index contributed by atoms with van der Waals surface area (Å²) in [6, 6.07) is 18.9. The van der Waals surface area contributed by atoms with Crippen LogP contribution < -0.4 is 16.2 Å². The van der Waals surface area contributed by atoms with Crippen LogP contribution >= 0.6 is 11.6 Å². The van der Waals surface area contributed by atoms with Gasteiger partial charge in [-0.05, 0) is 36.4 Å². The predicted molar refractivity (Wildman–Crippen MR) is 124 cm³/mol. The molecule has 0 unspecified atom stereocenters. The lowest BCUT2D eigenvalue weighted by atomic mass is 10.0. The highest BCUT2D eigenvalue weighted by molar-refractivity contribution is 6.33. The number of hydrogen-bond acceptors (Lipinski definition) is 5. The van der Waals surface area contributed by atoms with Gasteiger partial charge in [-0.1, -0.05) is 41.9 Å². The van der Waals surface area contributed by atoms with E-state index in [1.165, 1.54) is 0 Å². The van der Waals surface area contributed by atoms with E-state index in [1.54, 1.807) is 73.1 Å². The van der Waals surface area contributed by atoms with Crippen LogP contribution in [0.1, 0.15) is 20.7 Å². The fourth-order valence-electron chi connectivity index (χ4n) is 3.17. The molecule has 0 radical (unpaired) electrons. The molecule has 0 fully saturated rings. The lowest BCUT2D eigenvalue weighted by Gasteiger charge is -2.12. The van der Waals surface area contributed by atoms with Crippen LogP contribution in [0.2, 0.25) is 5.02 Å². The van der Waals surface area contributed by atoms with Gasteiger partial charge >= 0.3 is 0 Å². The van der Waals surface area contributed by atoms with Gasteiger partial charge in [0.05, 0.1) is 33.9 Å². The Morgan fingerprint density at radius 3 is 2.33 bits per heavy atom. The van der Waals surface area contributed by atoms with E-state index in [9.17, 15) is 14.4 Å². The molecular formula is C24H18ClN5O3. The fraction of sp³-hybridized carbons (Fsp3) is 0.0417. The van der Waals surface area contributed by atoms with Crippen molar-refractivity contribution in [2.45, 2.75) is 0 Å². The molecule has 4 rings (SSSR count). The van der Waals surface area contributed by atoms with Crippen molar-refractivity contribution in [1.82, 2.24) is 26.1 Å². The van der Waals surface area contributed by atoms with E-state index in [-0.39, 0.29) is 17.1 Å². The Bertz CT molecular complexity index is 1340. The summed E-state index contributed by atoms with van der Waals surface area (Å²) in [5, 5.41) is 3.37. The highest BCUT2D eigenvalue weighted by Gasteiger charge is 2.15. The number of benzene rings is 2. The monoisotopic (exact) mass is 459 g/mol. The number of hydrogen-bond donors (Lipinski definition) is 3. The molecule has 2 aromatic heterocycles. The number of pyridine rings is 2. The van der Waals surface area contributed by atoms with Gasteiger partial charge in [-0.15, -0.1) is 0 Å². The zero-order valence-electron chi connectivity index (χ0n) is 17.2. The number of amides is 3. The van der Waals surface area contributed by atoms with Crippen LogP contribution in [0.3, 0.4) is 0 Å². The van der Waals surface area contributed by atoms with E-state index >= 15 is 0 Å². The smallest absolute Gasteiger partial charge is 0.270 e. The summed E-state index contributed by atoms with van der Waals surface area (Å²) in [6.45, 7) is -0.344. The van der Waals surface area contributed by atoms with Gasteiger partial charge < -0.3 is 5.32 Å². The number of carbonyl (C=O) groups is 3. The van der Waals surface area contributed by atoms with Crippen LogP contribution in [0.4, 0.5) is 0 Å². The molecule has 164 valence electrons. The minimum Gasteiger partial charge on any atom is -0.343 e. The van der Waals surface area contributed by atoms with Crippen molar-refractivity contribution in [3.63, 3.8) is 0 Å². The van der Waals surface area contributed by atoms with Crippen molar-refractivity contribution in [2.75, 3.05) is 6.54 Å². The van der Waals surface area contributed by atoms with Crippen molar-refractivity contribution < 1.29 is 14.4 Å². The minimum absolute atomic E-state index is 0.253. The summed E-state index contributed by atoms with van der Waals surface area (Å²) in [5.74, 6) is -1.62. The summed E-state index contributed by atoms with van der Waals surface area (Å²) >= 11 is 5.98. The largest absolute Gasteiger partial charge is 0.343 e. The van der Waals surface area contributed by atoms with Crippen LogP contribution in [0.5, 0.6) is 0 Å². The van der Waals surface area contributed by atoms with E-state index in [0.29, 0.717) is 22.2 Å². The number of aromatic nitrogens is 2. The van der Waals surface area contributed by atoms with Gasteiger partial charge in [0.2, 0.25) is 0 Å². The molecule has 0 aliphatic rings. The first-order valence-electron chi connectivity index (χ1n) is 9.95. The molecule has 0 atom stereocenters. The second-order valence-electron chi connectivity index (χ2n) is 6.97. The zero-order chi connectivity index (χ0) is 23.2. The molecule has 0 saturated heterocycles. The van der Waals surface area contributed by atoms with Gasteiger partial charge in [-0.2, -0.15) is 0 Å². The van der Waals surface area contributed by atoms with Crippen LogP contribution in [0, 0.1) is 0 Å². The molecule has 2 heterocycles. The molecule has 0 spiro atoms. The molecule has 8 nitrogen and oxygen atoms in total. The molecule has 0 aliphatic carbocycles. The molecular weight excluding hydrogens is 442 g/mol. The Morgan fingerprint density at radius 2 is 1.55 bits per heavy atom. The van der Waals surface area contributed by atoms with Crippen molar-refractivity contribution in [2.24, 2.45) is 0 Å². The zero-order valence-corrected chi connectivity index (χ0v) is 18.0. The number of para-hydroxylation sites is 1. The average Bonchev–Trinajstić information content (AvgIpc) is 2.86. The molecule has 0 saturated carbocycles. The number of nitrogens with one attached hydrogen (secondary N) is 3. The number of rotatable bonds is 5.